The third-order valence-corrected chi connectivity index (χ3v) is 3.64. The smallest absolute Gasteiger partial charge is 0.320 e. The third kappa shape index (κ3) is 12.4. The second kappa shape index (κ2) is 7.82. The average molecular weight is 229 g/mol. The van der Waals surface area contributed by atoms with E-state index in [0.29, 0.717) is 12.3 Å². The average Bonchev–Trinajstić information content (AvgIpc) is 2.01. The van der Waals surface area contributed by atoms with E-state index in [9.17, 15) is 0 Å². The molecule has 0 aliphatic carbocycles. The molecule has 5 nitrogen and oxygen atoms in total. The molecule has 0 aromatic rings. The van der Waals surface area contributed by atoms with Gasteiger partial charge in [-0.25, -0.2) is 0 Å². The van der Waals surface area contributed by atoms with Gasteiger partial charge in [0.15, 0.2) is 5.75 Å². The molecule has 0 radical (unpaired) electrons. The van der Waals surface area contributed by atoms with Crippen LogP contribution in [0.15, 0.2) is 0 Å². The van der Waals surface area contributed by atoms with Crippen LogP contribution in [-0.4, -0.2) is 47.1 Å². The molecule has 5 N–H and O–H groups in total. The summed E-state index contributed by atoms with van der Waals surface area (Å²) < 4.78 is 0. The van der Waals surface area contributed by atoms with Crippen LogP contribution < -0.4 is 10.6 Å². The first-order valence-corrected chi connectivity index (χ1v) is 7.37. The highest BCUT2D eigenvalue weighted by atomic mass is 32.5. The lowest BCUT2D eigenvalue weighted by molar-refractivity contribution is 0.363. The number of rotatable bonds is 7. The van der Waals surface area contributed by atoms with Crippen LogP contribution in [0.5, 0.6) is 0 Å². The van der Waals surface area contributed by atoms with Gasteiger partial charge in [0, 0.05) is 6.54 Å². The molecule has 13 heavy (non-hydrogen) atoms. The Morgan fingerprint density at radius 2 is 1.85 bits per heavy atom. The van der Waals surface area contributed by atoms with Gasteiger partial charge in [0.1, 0.15) is 0 Å². The fourth-order valence-corrected chi connectivity index (χ4v) is 2.24. The van der Waals surface area contributed by atoms with E-state index in [4.69, 9.17) is 14.7 Å². The summed E-state index contributed by atoms with van der Waals surface area (Å²) in [6.45, 7) is -1.07. The molecule has 0 aliphatic heterocycles. The minimum Gasteiger partial charge on any atom is -0.320 e. The van der Waals surface area contributed by atoms with Crippen molar-refractivity contribution >= 4 is 17.7 Å². The molecule has 0 bridgehead atoms. The molecule has 0 aromatic carbocycles. The maximum absolute atomic E-state index is 8.61. The second-order valence-corrected chi connectivity index (χ2v) is 6.49. The molecule has 0 aromatic heterocycles. The molecule has 0 atom stereocenters. The summed E-state index contributed by atoms with van der Waals surface area (Å²) in [5, 5.41) is 6.14. The van der Waals surface area contributed by atoms with Gasteiger partial charge in [0.2, 0.25) is 10.9 Å². The Bertz CT molecular complexity index is 165. The zero-order valence-corrected chi connectivity index (χ0v) is 9.44. The molecule has 0 aliphatic rings. The van der Waals surface area contributed by atoms with Crippen molar-refractivity contribution in [1.82, 2.24) is 10.6 Å². The fourth-order valence-electron chi connectivity index (χ4n) is 0.755. The Balaban J connectivity index is 3.18. The van der Waals surface area contributed by atoms with Gasteiger partial charge in [0.25, 0.3) is 0 Å². The van der Waals surface area contributed by atoms with Gasteiger partial charge in [-0.05, 0) is 26.6 Å². The molecule has 80 valence electrons. The van der Waals surface area contributed by atoms with Crippen LogP contribution in [-0.2, 0) is 10.9 Å². The van der Waals surface area contributed by atoms with Crippen molar-refractivity contribution < 1.29 is 14.7 Å². The van der Waals surface area contributed by atoms with E-state index in [0.717, 1.165) is 30.5 Å². The fraction of sp³-hybridized carbons (Fsp3) is 1.00. The molecular weight excluding hydrogens is 211 g/mol. The lowest BCUT2D eigenvalue weighted by atomic mass is 10.4. The topological polar surface area (TPSA) is 84.8 Å². The molecule has 0 spiro atoms. The van der Waals surface area contributed by atoms with Crippen molar-refractivity contribution in [2.24, 2.45) is 0 Å². The van der Waals surface area contributed by atoms with Gasteiger partial charge in [-0.2, -0.15) is 0 Å². The summed E-state index contributed by atoms with van der Waals surface area (Å²) >= 11 is 0. The lowest BCUT2D eigenvalue weighted by Crippen LogP contribution is -2.22. The largest absolute Gasteiger partial charge is 0.515 e. The summed E-state index contributed by atoms with van der Waals surface area (Å²) in [7, 11) is 2.70. The molecule has 0 amide bonds. The first kappa shape index (κ1) is 13.4. The van der Waals surface area contributed by atoms with Gasteiger partial charge >= 0.3 is 6.72 Å². The van der Waals surface area contributed by atoms with E-state index < -0.39 is 6.72 Å². The highest BCUT2D eigenvalue weighted by Gasteiger charge is 2.17. The van der Waals surface area contributed by atoms with Crippen LogP contribution in [0, 0.1) is 0 Å². The van der Waals surface area contributed by atoms with E-state index in [-0.39, 0.29) is 0 Å². The molecule has 0 heterocycles. The molecule has 0 fully saturated rings. The Morgan fingerprint density at radius 1 is 1.15 bits per heavy atom. The molecule has 0 rings (SSSR count). The highest BCUT2D eigenvalue weighted by Crippen LogP contribution is 2.30. The quantitative estimate of drug-likeness (QED) is 0.218. The van der Waals surface area contributed by atoms with E-state index in [1.54, 1.807) is 0 Å². The van der Waals surface area contributed by atoms with Crippen LogP contribution in [0.3, 0.4) is 0 Å². The summed E-state index contributed by atoms with van der Waals surface area (Å²) in [5.41, 5.74) is 0. The molecule has 0 saturated heterocycles. The second-order valence-electron chi connectivity index (χ2n) is 2.55. The molecule has 0 saturated carbocycles. The number of hydrogen-bond donors (Lipinski definition) is 5. The van der Waals surface area contributed by atoms with E-state index in [1.807, 2.05) is 7.05 Å². The Kier molecular flexibility index (Phi) is 8.09. The maximum Gasteiger partial charge on any atom is 0.515 e. The Hall–Kier alpha value is 0.450. The van der Waals surface area contributed by atoms with E-state index >= 15 is 0 Å². The van der Waals surface area contributed by atoms with E-state index in [2.05, 4.69) is 10.6 Å². The van der Waals surface area contributed by atoms with Crippen LogP contribution in [0.25, 0.3) is 0 Å². The number of hydrogen-bond acceptors (Lipinski definition) is 2. The zero-order valence-electron chi connectivity index (χ0n) is 7.73. The summed E-state index contributed by atoms with van der Waals surface area (Å²) in [6, 6.07) is 0. The van der Waals surface area contributed by atoms with Crippen LogP contribution in [0.1, 0.15) is 6.42 Å². The first-order valence-electron chi connectivity index (χ1n) is 4.13. The van der Waals surface area contributed by atoms with Crippen LogP contribution in [0.4, 0.5) is 0 Å². The van der Waals surface area contributed by atoms with Crippen molar-refractivity contribution in [3.05, 3.63) is 0 Å². The standard InChI is InChI=1S/C6H18N2O3PS/c1-7-3-2-4-8-5-6-13-12(9,10)11/h7-11H,2-6H2,1H3/q+1. The molecule has 7 heteroatoms. The minimum atomic E-state index is -3.61. The van der Waals surface area contributed by atoms with Crippen molar-refractivity contribution in [1.29, 1.82) is 0 Å². The Morgan fingerprint density at radius 3 is 2.38 bits per heavy atom. The molecule has 0 unspecified atom stereocenters. The Labute approximate surface area is 82.4 Å². The van der Waals surface area contributed by atoms with Gasteiger partial charge in [-0.3, -0.25) is 14.7 Å². The van der Waals surface area contributed by atoms with Crippen molar-refractivity contribution in [2.45, 2.75) is 6.42 Å². The maximum atomic E-state index is 8.61. The summed E-state index contributed by atoms with van der Waals surface area (Å²) in [5.74, 6) is 0.511. The van der Waals surface area contributed by atoms with Crippen LogP contribution in [0.2, 0.25) is 0 Å². The third-order valence-electron chi connectivity index (χ3n) is 1.32. The normalized spacial score (nSPS) is 11.7. The van der Waals surface area contributed by atoms with Gasteiger partial charge < -0.3 is 10.6 Å². The SMILES string of the molecule is CNCCCNCC[S+]=P(O)(O)O. The van der Waals surface area contributed by atoms with Gasteiger partial charge in [-0.1, -0.05) is 0 Å². The van der Waals surface area contributed by atoms with Crippen molar-refractivity contribution in [3.8, 4) is 0 Å². The summed E-state index contributed by atoms with van der Waals surface area (Å²) in [4.78, 5) is 25.8. The van der Waals surface area contributed by atoms with Gasteiger partial charge in [-0.15, -0.1) is 0 Å². The minimum absolute atomic E-state index is 0.511. The summed E-state index contributed by atoms with van der Waals surface area (Å²) in [6.07, 6.45) is 1.04. The van der Waals surface area contributed by atoms with Crippen molar-refractivity contribution in [3.63, 3.8) is 0 Å². The number of nitrogens with one attached hydrogen (secondary N) is 2. The van der Waals surface area contributed by atoms with Gasteiger partial charge in [0.05, 0.1) is 0 Å². The predicted octanol–water partition coefficient (Wildman–Crippen LogP) is -1.08. The zero-order chi connectivity index (χ0) is 10.2. The monoisotopic (exact) mass is 229 g/mol. The first-order chi connectivity index (χ1) is 6.06. The van der Waals surface area contributed by atoms with Crippen molar-refractivity contribution in [2.75, 3.05) is 32.4 Å². The highest BCUT2D eigenvalue weighted by molar-refractivity contribution is 8.16. The lowest BCUT2D eigenvalue weighted by Gasteiger charge is -1.99. The predicted molar refractivity (Wildman–Crippen MR) is 57.2 cm³/mol. The van der Waals surface area contributed by atoms with Crippen LogP contribution >= 0.6 is 6.72 Å². The van der Waals surface area contributed by atoms with E-state index in [1.165, 1.54) is 0 Å². The molecular formula is C6H18N2O3PS+.